The van der Waals surface area contributed by atoms with E-state index in [2.05, 4.69) is 6.07 Å². The van der Waals surface area contributed by atoms with Crippen molar-refractivity contribution in [3.63, 3.8) is 0 Å². The molecule has 0 saturated carbocycles. The van der Waals surface area contributed by atoms with Crippen LogP contribution < -0.4 is 14.2 Å². The van der Waals surface area contributed by atoms with Crippen LogP contribution in [0.5, 0.6) is 17.2 Å². The summed E-state index contributed by atoms with van der Waals surface area (Å²) in [6.07, 6.45) is 2.48. The molecule has 1 fully saturated rings. The van der Waals surface area contributed by atoms with Crippen molar-refractivity contribution in [2.45, 2.75) is 30.4 Å². The van der Waals surface area contributed by atoms with Crippen LogP contribution in [0.15, 0.2) is 30.3 Å². The summed E-state index contributed by atoms with van der Waals surface area (Å²) in [6, 6.07) is 11.5. The summed E-state index contributed by atoms with van der Waals surface area (Å²) in [7, 11) is 4.84. The van der Waals surface area contributed by atoms with Gasteiger partial charge in [0.05, 0.1) is 33.3 Å². The maximum absolute atomic E-state index is 14.0. The zero-order valence-electron chi connectivity index (χ0n) is 19.3. The minimum atomic E-state index is -0.284. The molecular formula is C26H30FNO3S2. The number of ether oxygens (including phenoxy) is 3. The van der Waals surface area contributed by atoms with Gasteiger partial charge in [0.1, 0.15) is 5.82 Å². The molecule has 4 nitrogen and oxygen atoms in total. The number of nitrogens with zero attached hydrogens (tertiary/aromatic N) is 1. The molecule has 0 N–H and O–H groups in total. The summed E-state index contributed by atoms with van der Waals surface area (Å²) in [5.74, 6) is 5.13. The highest BCUT2D eigenvalue weighted by Gasteiger charge is 2.41. The van der Waals surface area contributed by atoms with Crippen LogP contribution in [0.25, 0.3) is 0 Å². The van der Waals surface area contributed by atoms with E-state index in [-0.39, 0.29) is 23.6 Å². The van der Waals surface area contributed by atoms with Crippen LogP contribution in [0.1, 0.15) is 29.0 Å². The van der Waals surface area contributed by atoms with Gasteiger partial charge < -0.3 is 14.2 Å². The number of benzene rings is 2. The Morgan fingerprint density at radius 3 is 2.58 bits per heavy atom. The van der Waals surface area contributed by atoms with E-state index in [4.69, 9.17) is 14.2 Å². The highest BCUT2D eigenvalue weighted by molar-refractivity contribution is 8.06. The fourth-order valence-corrected chi connectivity index (χ4v) is 8.38. The predicted molar refractivity (Wildman–Crippen MR) is 133 cm³/mol. The molecule has 4 unspecified atom stereocenters. The van der Waals surface area contributed by atoms with Gasteiger partial charge in [0.25, 0.3) is 0 Å². The maximum Gasteiger partial charge on any atom is 0.203 e. The summed E-state index contributed by atoms with van der Waals surface area (Å²) in [5, 5.41) is 10.8. The number of hydrogen-bond acceptors (Lipinski definition) is 6. The Hall–Kier alpha value is -2.04. The van der Waals surface area contributed by atoms with E-state index in [9.17, 15) is 9.65 Å². The third kappa shape index (κ3) is 4.93. The quantitative estimate of drug-likeness (QED) is 0.497. The number of hydrogen-bond donors (Lipinski definition) is 0. The number of nitriles is 1. The lowest BCUT2D eigenvalue weighted by molar-refractivity contribution is 0.267. The Kier molecular flexibility index (Phi) is 7.98. The molecule has 1 aliphatic carbocycles. The number of thioether (sulfide) groups is 2. The van der Waals surface area contributed by atoms with Crippen molar-refractivity contribution in [2.75, 3.05) is 38.6 Å². The first kappa shape index (κ1) is 24.1. The molecule has 1 heterocycles. The summed E-state index contributed by atoms with van der Waals surface area (Å²) < 4.78 is 30.9. The van der Waals surface area contributed by atoms with Crippen LogP contribution in [-0.2, 0) is 12.8 Å². The van der Waals surface area contributed by atoms with Crippen LogP contribution in [0.3, 0.4) is 0 Å². The second-order valence-corrected chi connectivity index (χ2v) is 11.0. The van der Waals surface area contributed by atoms with Gasteiger partial charge >= 0.3 is 0 Å². The third-order valence-corrected chi connectivity index (χ3v) is 9.77. The molecule has 2 aromatic carbocycles. The van der Waals surface area contributed by atoms with Crippen molar-refractivity contribution in [1.29, 1.82) is 5.26 Å². The van der Waals surface area contributed by atoms with Crippen LogP contribution in [-0.4, -0.2) is 43.8 Å². The standard InChI is InChI=1S/C26H30FNO3S2/c1-29-23-13-20-19(25(30-2)26(23)31-3)8-7-18(22(20)14-28)21(24-15-32-9-10-33-24)12-16-5-4-6-17(27)11-16/h4-6,11,13,18,21-22,24H,7-10,12,15H2,1-3H3. The zero-order valence-corrected chi connectivity index (χ0v) is 20.9. The fourth-order valence-electron chi connectivity index (χ4n) is 5.35. The van der Waals surface area contributed by atoms with Crippen LogP contribution >= 0.6 is 23.5 Å². The largest absolute Gasteiger partial charge is 0.493 e. The average molecular weight is 488 g/mol. The number of fused-ring (bicyclic) bond motifs is 1. The van der Waals surface area contributed by atoms with E-state index < -0.39 is 0 Å². The molecule has 2 aromatic rings. The molecule has 1 aliphatic heterocycles. The van der Waals surface area contributed by atoms with E-state index in [0.717, 1.165) is 53.2 Å². The van der Waals surface area contributed by atoms with Gasteiger partial charge in [-0.2, -0.15) is 28.8 Å². The van der Waals surface area contributed by atoms with Gasteiger partial charge in [-0.05, 0) is 60.4 Å². The van der Waals surface area contributed by atoms with Crippen molar-refractivity contribution in [3.05, 3.63) is 52.8 Å². The average Bonchev–Trinajstić information content (AvgIpc) is 2.85. The molecule has 0 spiro atoms. The molecular weight excluding hydrogens is 457 g/mol. The zero-order chi connectivity index (χ0) is 23.4. The number of rotatable bonds is 7. The number of methoxy groups -OCH3 is 3. The van der Waals surface area contributed by atoms with Gasteiger partial charge in [-0.15, -0.1) is 0 Å². The molecule has 33 heavy (non-hydrogen) atoms. The van der Waals surface area contributed by atoms with Gasteiger partial charge in [0.2, 0.25) is 5.75 Å². The number of halogens is 1. The van der Waals surface area contributed by atoms with E-state index >= 15 is 0 Å². The Morgan fingerprint density at radius 2 is 1.94 bits per heavy atom. The smallest absolute Gasteiger partial charge is 0.203 e. The third-order valence-electron chi connectivity index (χ3n) is 6.83. The predicted octanol–water partition coefficient (Wildman–Crippen LogP) is 5.73. The van der Waals surface area contributed by atoms with Crippen molar-refractivity contribution in [2.24, 2.45) is 11.8 Å². The molecule has 0 amide bonds. The molecule has 176 valence electrons. The SMILES string of the molecule is COc1cc2c(c(OC)c1OC)CCC(C(Cc1cccc(F)c1)C1CSCCS1)C2C#N. The summed E-state index contributed by atoms with van der Waals surface area (Å²) in [6.45, 7) is 0. The summed E-state index contributed by atoms with van der Waals surface area (Å²) in [5.41, 5.74) is 3.01. The lowest BCUT2D eigenvalue weighted by Gasteiger charge is -2.40. The first-order valence-electron chi connectivity index (χ1n) is 11.3. The fraction of sp³-hybridized carbons (Fsp3) is 0.500. The molecule has 4 rings (SSSR count). The molecule has 0 aromatic heterocycles. The van der Waals surface area contributed by atoms with Gasteiger partial charge in [-0.1, -0.05) is 12.1 Å². The van der Waals surface area contributed by atoms with E-state index in [0.29, 0.717) is 22.5 Å². The molecule has 4 atom stereocenters. The first-order chi connectivity index (χ1) is 16.1. The van der Waals surface area contributed by atoms with E-state index in [1.54, 1.807) is 33.5 Å². The minimum absolute atomic E-state index is 0.171. The molecule has 1 saturated heterocycles. The lowest BCUT2D eigenvalue weighted by Crippen LogP contribution is -2.37. The highest BCUT2D eigenvalue weighted by Crippen LogP contribution is 2.52. The normalized spacial score (nSPS) is 23.2. The Bertz CT molecular complexity index is 1020. The maximum atomic E-state index is 14.0. The molecule has 0 radical (unpaired) electrons. The second-order valence-electron chi connectivity index (χ2n) is 8.50. The van der Waals surface area contributed by atoms with Crippen LogP contribution in [0, 0.1) is 29.0 Å². The van der Waals surface area contributed by atoms with Crippen LogP contribution in [0.2, 0.25) is 0 Å². The molecule has 2 aliphatic rings. The van der Waals surface area contributed by atoms with Gasteiger partial charge in [-0.25, -0.2) is 4.39 Å². The van der Waals surface area contributed by atoms with Crippen molar-refractivity contribution < 1.29 is 18.6 Å². The minimum Gasteiger partial charge on any atom is -0.493 e. The topological polar surface area (TPSA) is 51.5 Å². The molecule has 0 bridgehead atoms. The molecule has 7 heteroatoms. The van der Waals surface area contributed by atoms with Gasteiger partial charge in [0.15, 0.2) is 11.5 Å². The van der Waals surface area contributed by atoms with E-state index in [1.165, 1.54) is 6.07 Å². The Balaban J connectivity index is 1.75. The van der Waals surface area contributed by atoms with Crippen LogP contribution in [0.4, 0.5) is 4.39 Å². The van der Waals surface area contributed by atoms with Crippen molar-refractivity contribution in [3.8, 4) is 23.3 Å². The summed E-state index contributed by atoms with van der Waals surface area (Å²) in [4.78, 5) is 0. The van der Waals surface area contributed by atoms with Gasteiger partial charge in [-0.3, -0.25) is 0 Å². The monoisotopic (exact) mass is 487 g/mol. The second kappa shape index (κ2) is 10.9. The van der Waals surface area contributed by atoms with Crippen molar-refractivity contribution >= 4 is 23.5 Å². The Labute approximate surface area is 204 Å². The van der Waals surface area contributed by atoms with Gasteiger partial charge in [0, 0.05) is 28.1 Å². The Morgan fingerprint density at radius 1 is 1.12 bits per heavy atom. The van der Waals surface area contributed by atoms with Crippen molar-refractivity contribution in [1.82, 2.24) is 0 Å². The first-order valence-corrected chi connectivity index (χ1v) is 13.5. The summed E-state index contributed by atoms with van der Waals surface area (Å²) >= 11 is 4.00. The van der Waals surface area contributed by atoms with E-state index in [1.807, 2.05) is 35.7 Å². The highest BCUT2D eigenvalue weighted by atomic mass is 32.2. The lowest BCUT2D eigenvalue weighted by atomic mass is 9.67.